The summed E-state index contributed by atoms with van der Waals surface area (Å²) < 4.78 is 4.83. The molecule has 0 aromatic rings. The van der Waals surface area contributed by atoms with Gasteiger partial charge >= 0.3 is 5.97 Å². The van der Waals surface area contributed by atoms with Crippen molar-refractivity contribution >= 4 is 35.9 Å². The first-order chi connectivity index (χ1) is 9.47. The number of carbonyl (C=O) groups is 1. The van der Waals surface area contributed by atoms with Gasteiger partial charge in [0.05, 0.1) is 13.0 Å². The third-order valence-corrected chi connectivity index (χ3v) is 4.45. The number of ether oxygens (including phenoxy) is 1. The van der Waals surface area contributed by atoms with Crippen molar-refractivity contribution < 1.29 is 9.53 Å². The molecule has 1 unspecified atom stereocenters. The molecule has 1 aliphatic heterocycles. The van der Waals surface area contributed by atoms with E-state index in [1.54, 1.807) is 0 Å². The monoisotopic (exact) mass is 409 g/mol. The molecule has 0 aromatic carbocycles. The predicted octanol–water partition coefficient (Wildman–Crippen LogP) is 2.25. The number of nitrogens with zero attached hydrogens (tertiary/aromatic N) is 2. The number of guanidine groups is 1. The number of carbonyl (C=O) groups excluding carboxylic acids is 1. The third-order valence-electron chi connectivity index (χ3n) is 4.45. The topological polar surface area (TPSA) is 53.9 Å². The second-order valence-electron chi connectivity index (χ2n) is 6.47. The molecule has 0 aromatic heterocycles. The highest BCUT2D eigenvalue weighted by atomic mass is 127. The Morgan fingerprint density at radius 1 is 1.38 bits per heavy atom. The maximum Gasteiger partial charge on any atom is 0.308 e. The highest BCUT2D eigenvalue weighted by Crippen LogP contribution is 2.44. The van der Waals surface area contributed by atoms with E-state index in [0.29, 0.717) is 11.5 Å². The summed E-state index contributed by atoms with van der Waals surface area (Å²) in [5, 5.41) is 3.57. The van der Waals surface area contributed by atoms with Crippen LogP contribution in [0.5, 0.6) is 0 Å². The minimum Gasteiger partial charge on any atom is -0.469 e. The van der Waals surface area contributed by atoms with Gasteiger partial charge in [-0.15, -0.1) is 24.0 Å². The predicted molar refractivity (Wildman–Crippen MR) is 95.0 cm³/mol. The van der Waals surface area contributed by atoms with Gasteiger partial charge < -0.3 is 15.0 Å². The zero-order chi connectivity index (χ0) is 14.8. The van der Waals surface area contributed by atoms with Crippen LogP contribution in [0.25, 0.3) is 0 Å². The van der Waals surface area contributed by atoms with E-state index >= 15 is 0 Å². The van der Waals surface area contributed by atoms with Crippen LogP contribution in [-0.2, 0) is 9.53 Å². The molecule has 0 bridgehead atoms. The molecule has 0 spiro atoms. The lowest BCUT2D eigenvalue weighted by atomic mass is 9.97. The molecule has 2 fully saturated rings. The molecule has 2 aliphatic rings. The SMILES string of the molecule is CCN=C(NC1CC1(C)C)N1CCC(C(=O)OC)CC1.I. The Morgan fingerprint density at radius 3 is 2.38 bits per heavy atom. The Balaban J connectivity index is 0.00000220. The standard InChI is InChI=1S/C15H27N3O2.HI/c1-5-16-14(17-12-10-15(12,2)3)18-8-6-11(7-9-18)13(19)20-4;/h11-12H,5-10H2,1-4H3,(H,16,17);1H. The number of methoxy groups -OCH3 is 1. The highest BCUT2D eigenvalue weighted by Gasteiger charge is 2.46. The van der Waals surface area contributed by atoms with Crippen LogP contribution in [0.2, 0.25) is 0 Å². The molecule has 1 N–H and O–H groups in total. The summed E-state index contributed by atoms with van der Waals surface area (Å²) in [6.45, 7) is 9.14. The van der Waals surface area contributed by atoms with Crippen molar-refractivity contribution in [1.82, 2.24) is 10.2 Å². The lowest BCUT2D eigenvalue weighted by Crippen LogP contribution is -2.48. The number of nitrogens with one attached hydrogen (secondary N) is 1. The quantitative estimate of drug-likeness (QED) is 0.336. The third kappa shape index (κ3) is 4.72. The number of halogens is 1. The van der Waals surface area contributed by atoms with Crippen molar-refractivity contribution in [3.63, 3.8) is 0 Å². The Bertz CT molecular complexity index is 390. The zero-order valence-electron chi connectivity index (χ0n) is 13.5. The van der Waals surface area contributed by atoms with Crippen LogP contribution in [0.4, 0.5) is 0 Å². The molecule has 2 rings (SSSR count). The van der Waals surface area contributed by atoms with Gasteiger partial charge in [-0.3, -0.25) is 9.79 Å². The number of esters is 1. The van der Waals surface area contributed by atoms with Crippen molar-refractivity contribution in [3.05, 3.63) is 0 Å². The summed E-state index contributed by atoms with van der Waals surface area (Å²) in [5.41, 5.74) is 0.388. The zero-order valence-corrected chi connectivity index (χ0v) is 15.8. The van der Waals surface area contributed by atoms with E-state index in [-0.39, 0.29) is 35.9 Å². The van der Waals surface area contributed by atoms with Crippen LogP contribution in [0.3, 0.4) is 0 Å². The molecule has 1 atom stereocenters. The lowest BCUT2D eigenvalue weighted by Gasteiger charge is -2.33. The van der Waals surface area contributed by atoms with Crippen LogP contribution in [-0.4, -0.2) is 49.6 Å². The fourth-order valence-corrected chi connectivity index (χ4v) is 2.75. The molecule has 0 radical (unpaired) electrons. The second-order valence-corrected chi connectivity index (χ2v) is 6.47. The number of rotatable bonds is 3. The smallest absolute Gasteiger partial charge is 0.308 e. The number of likely N-dealkylation sites (tertiary alicyclic amines) is 1. The fraction of sp³-hybridized carbons (Fsp3) is 0.867. The lowest BCUT2D eigenvalue weighted by molar-refractivity contribution is -0.146. The molecular formula is C15H28IN3O2. The van der Waals surface area contributed by atoms with Crippen molar-refractivity contribution in [1.29, 1.82) is 0 Å². The summed E-state index contributed by atoms with van der Waals surface area (Å²) in [7, 11) is 1.47. The average Bonchev–Trinajstić information content (AvgIpc) is 3.04. The van der Waals surface area contributed by atoms with Crippen molar-refractivity contribution in [3.8, 4) is 0 Å². The Kier molecular flexibility index (Phi) is 6.74. The average molecular weight is 409 g/mol. The van der Waals surface area contributed by atoms with Crippen LogP contribution < -0.4 is 5.32 Å². The van der Waals surface area contributed by atoms with E-state index in [2.05, 4.69) is 36.0 Å². The molecule has 21 heavy (non-hydrogen) atoms. The van der Waals surface area contributed by atoms with Gasteiger partial charge in [0.15, 0.2) is 5.96 Å². The molecule has 0 amide bonds. The van der Waals surface area contributed by atoms with E-state index < -0.39 is 0 Å². The number of hydrogen-bond acceptors (Lipinski definition) is 3. The van der Waals surface area contributed by atoms with Crippen LogP contribution in [0.15, 0.2) is 4.99 Å². The first-order valence-electron chi connectivity index (χ1n) is 7.61. The van der Waals surface area contributed by atoms with Gasteiger partial charge in [-0.2, -0.15) is 0 Å². The summed E-state index contributed by atoms with van der Waals surface area (Å²) in [6.07, 6.45) is 2.91. The summed E-state index contributed by atoms with van der Waals surface area (Å²) in [4.78, 5) is 18.4. The van der Waals surface area contributed by atoms with E-state index in [9.17, 15) is 4.79 Å². The number of piperidine rings is 1. The summed E-state index contributed by atoms with van der Waals surface area (Å²) in [6, 6.07) is 0.533. The van der Waals surface area contributed by atoms with Crippen LogP contribution in [0, 0.1) is 11.3 Å². The normalized spacial score (nSPS) is 25.0. The van der Waals surface area contributed by atoms with Gasteiger partial charge in [-0.1, -0.05) is 13.8 Å². The molecule has 5 nitrogen and oxygen atoms in total. The molecule has 1 heterocycles. The molecular weight excluding hydrogens is 381 g/mol. The largest absolute Gasteiger partial charge is 0.469 e. The summed E-state index contributed by atoms with van der Waals surface area (Å²) >= 11 is 0. The van der Waals surface area contributed by atoms with Gasteiger partial charge in [0.1, 0.15) is 0 Å². The molecule has 1 aliphatic carbocycles. The van der Waals surface area contributed by atoms with E-state index in [0.717, 1.165) is 38.4 Å². The molecule has 6 heteroatoms. The highest BCUT2D eigenvalue weighted by molar-refractivity contribution is 14.0. The van der Waals surface area contributed by atoms with Gasteiger partial charge in [0.25, 0.3) is 0 Å². The first-order valence-corrected chi connectivity index (χ1v) is 7.61. The Morgan fingerprint density at radius 2 is 1.95 bits per heavy atom. The molecule has 122 valence electrons. The van der Waals surface area contributed by atoms with Gasteiger partial charge in [0.2, 0.25) is 0 Å². The van der Waals surface area contributed by atoms with Crippen molar-refractivity contribution in [2.24, 2.45) is 16.3 Å². The minimum absolute atomic E-state index is 0. The Labute approximate surface area is 144 Å². The second kappa shape index (κ2) is 7.65. The van der Waals surface area contributed by atoms with Crippen LogP contribution in [0.1, 0.15) is 40.0 Å². The maximum absolute atomic E-state index is 11.6. The Hall–Kier alpha value is -0.530. The van der Waals surface area contributed by atoms with Gasteiger partial charge in [0, 0.05) is 25.7 Å². The fourth-order valence-electron chi connectivity index (χ4n) is 2.75. The van der Waals surface area contributed by atoms with E-state index in [1.165, 1.54) is 13.5 Å². The van der Waals surface area contributed by atoms with Gasteiger partial charge in [-0.05, 0) is 31.6 Å². The number of hydrogen-bond donors (Lipinski definition) is 1. The van der Waals surface area contributed by atoms with Gasteiger partial charge in [-0.25, -0.2) is 0 Å². The summed E-state index contributed by atoms with van der Waals surface area (Å²) in [5.74, 6) is 0.984. The van der Waals surface area contributed by atoms with E-state index in [4.69, 9.17) is 4.74 Å². The maximum atomic E-state index is 11.6. The molecule has 1 saturated carbocycles. The van der Waals surface area contributed by atoms with Crippen molar-refractivity contribution in [2.45, 2.75) is 46.1 Å². The molecule has 1 saturated heterocycles. The van der Waals surface area contributed by atoms with Crippen LogP contribution >= 0.6 is 24.0 Å². The minimum atomic E-state index is -0.0742. The number of aliphatic imine (C=N–C) groups is 1. The van der Waals surface area contributed by atoms with E-state index in [1.807, 2.05) is 0 Å². The van der Waals surface area contributed by atoms with Crippen molar-refractivity contribution in [2.75, 3.05) is 26.7 Å². The first kappa shape index (κ1) is 18.5.